The Morgan fingerprint density at radius 3 is 0.905 bits per heavy atom. The van der Waals surface area contributed by atoms with E-state index in [-0.39, 0.29) is 23.0 Å². The van der Waals surface area contributed by atoms with Crippen molar-refractivity contribution < 1.29 is 23.8 Å². The minimum Gasteiger partial charge on any atom is -0.504 e. The number of methoxy groups -OCH3 is 2. The fraction of sp³-hybridized carbons (Fsp3) is 0.559. The highest BCUT2D eigenvalue weighted by molar-refractivity contribution is 5.66. The van der Waals surface area contributed by atoms with Gasteiger partial charge in [-0.2, -0.15) is 0 Å². The minimum absolute atomic E-state index is 0.192. The first-order valence-electron chi connectivity index (χ1n) is 25.5. The number of allylic oxidation sites excluding steroid dienone is 20. The van der Waals surface area contributed by atoms with Crippen molar-refractivity contribution in [1.82, 2.24) is 0 Å². The molecule has 0 aliphatic rings. The van der Waals surface area contributed by atoms with Crippen molar-refractivity contribution >= 4 is 0 Å². The van der Waals surface area contributed by atoms with E-state index in [4.69, 9.17) is 13.6 Å². The summed E-state index contributed by atoms with van der Waals surface area (Å²) in [4.78, 5) is 0. The molecule has 1 aromatic rings. The van der Waals surface area contributed by atoms with E-state index in [0.29, 0.717) is 17.5 Å². The Morgan fingerprint density at radius 2 is 0.651 bits per heavy atom. The highest BCUT2D eigenvalue weighted by Gasteiger charge is 2.22. The third-order valence-electron chi connectivity index (χ3n) is 12.0. The average molecular weight is 868 g/mol. The van der Waals surface area contributed by atoms with Gasteiger partial charge < -0.3 is 19.7 Å². The summed E-state index contributed by atoms with van der Waals surface area (Å²) in [6.07, 6.45) is 43.7. The van der Waals surface area contributed by atoms with Gasteiger partial charge in [-0.25, -0.2) is 0 Å². The lowest BCUT2D eigenvalue weighted by molar-refractivity contribution is 0.314. The van der Waals surface area contributed by atoms with Crippen molar-refractivity contribution in [2.45, 2.75) is 205 Å². The molecule has 0 radical (unpaired) electrons. The smallest absolute Gasteiger partial charge is 0.207 e. The molecule has 1 rings (SSSR count). The SMILES string of the molecule is [2H]C([2H])([2H])Oc1c(O)c(C/C=C(\C)CC/C=C(\C)CC/C=C(\C)CC/C=C(\C)CC/C=C(\C)CC/C=C(\C)CC/C=C(\C)CC/C=C(\C)CC/C=C(\C)CCC=C(C)C)c(C)c(O)c1OC. The largest absolute Gasteiger partial charge is 0.504 e. The highest BCUT2D eigenvalue weighted by atomic mass is 16.5. The second-order valence-corrected chi connectivity index (χ2v) is 18.6. The molecule has 2 N–H and O–H groups in total. The molecule has 0 unspecified atom stereocenters. The average Bonchev–Trinajstić information content (AvgIpc) is 3.22. The van der Waals surface area contributed by atoms with Crippen LogP contribution >= 0.6 is 0 Å². The van der Waals surface area contributed by atoms with Crippen LogP contribution in [0.25, 0.3) is 0 Å². The highest BCUT2D eigenvalue weighted by Crippen LogP contribution is 2.48. The number of ether oxygens (including phenoxy) is 2. The quantitative estimate of drug-likeness (QED) is 0.0577. The molecule has 352 valence electrons. The van der Waals surface area contributed by atoms with E-state index in [2.05, 4.69) is 124 Å². The Balaban J connectivity index is 2.37. The zero-order valence-electron chi connectivity index (χ0n) is 45.4. The van der Waals surface area contributed by atoms with Gasteiger partial charge in [0.25, 0.3) is 0 Å². The Labute approximate surface area is 392 Å². The molecule has 0 spiro atoms. The van der Waals surface area contributed by atoms with E-state index in [1.165, 1.54) is 70.1 Å². The summed E-state index contributed by atoms with van der Waals surface area (Å²) in [7, 11) is -1.52. The number of rotatable bonds is 31. The van der Waals surface area contributed by atoms with E-state index >= 15 is 0 Å². The van der Waals surface area contributed by atoms with Crippen molar-refractivity contribution in [1.29, 1.82) is 0 Å². The molecule has 0 aliphatic carbocycles. The van der Waals surface area contributed by atoms with Crippen molar-refractivity contribution in [3.63, 3.8) is 0 Å². The molecule has 0 fully saturated rings. The van der Waals surface area contributed by atoms with E-state index in [9.17, 15) is 10.2 Å². The van der Waals surface area contributed by atoms with Gasteiger partial charge in [-0.1, -0.05) is 116 Å². The van der Waals surface area contributed by atoms with Gasteiger partial charge >= 0.3 is 0 Å². The van der Waals surface area contributed by atoms with Crippen molar-refractivity contribution in [2.24, 2.45) is 0 Å². The lowest BCUT2D eigenvalue weighted by atomic mass is 9.99. The predicted molar refractivity (Wildman–Crippen MR) is 278 cm³/mol. The maximum absolute atomic E-state index is 10.9. The molecule has 0 saturated heterocycles. The number of benzene rings is 1. The topological polar surface area (TPSA) is 58.9 Å². The van der Waals surface area contributed by atoms with Crippen LogP contribution in [0.5, 0.6) is 23.0 Å². The molecular weight excluding hydrogens is 773 g/mol. The van der Waals surface area contributed by atoms with Gasteiger partial charge in [0.1, 0.15) is 0 Å². The molecule has 0 aliphatic heterocycles. The number of phenols is 2. The fourth-order valence-electron chi connectivity index (χ4n) is 7.53. The van der Waals surface area contributed by atoms with Crippen LogP contribution in [0.2, 0.25) is 0 Å². The monoisotopic (exact) mass is 868 g/mol. The van der Waals surface area contributed by atoms with Gasteiger partial charge in [0, 0.05) is 11.1 Å². The lowest BCUT2D eigenvalue weighted by Gasteiger charge is -2.17. The van der Waals surface area contributed by atoms with Crippen LogP contribution in [0.3, 0.4) is 0 Å². The number of hydrogen-bond acceptors (Lipinski definition) is 4. The van der Waals surface area contributed by atoms with Crippen LogP contribution < -0.4 is 9.47 Å². The number of hydrogen-bond donors (Lipinski definition) is 2. The minimum atomic E-state index is -2.81. The maximum Gasteiger partial charge on any atom is 0.207 e. The van der Waals surface area contributed by atoms with Gasteiger partial charge in [0.15, 0.2) is 11.5 Å². The first-order chi connectivity index (χ1) is 31.1. The normalized spacial score (nSPS) is 15.1. The van der Waals surface area contributed by atoms with E-state index in [0.717, 1.165) is 108 Å². The maximum atomic E-state index is 10.9. The summed E-state index contributed by atoms with van der Waals surface area (Å²) in [5.74, 6) is -1.14. The molecule has 0 saturated carbocycles. The third kappa shape index (κ3) is 26.3. The summed E-state index contributed by atoms with van der Waals surface area (Å²) < 4.78 is 32.5. The Hall–Kier alpha value is -4.18. The molecular formula is C59H92O4. The van der Waals surface area contributed by atoms with E-state index < -0.39 is 7.04 Å². The molecule has 0 aromatic heterocycles. The first-order valence-corrected chi connectivity index (χ1v) is 24.0. The fourth-order valence-corrected chi connectivity index (χ4v) is 7.53. The molecule has 1 aromatic carbocycles. The summed E-state index contributed by atoms with van der Waals surface area (Å²) >= 11 is 0. The molecule has 63 heavy (non-hydrogen) atoms. The predicted octanol–water partition coefficient (Wildman–Crippen LogP) is 18.5. The standard InChI is InChI=1S/C59H92O4/c1-44(2)24-15-25-45(3)26-16-27-46(4)28-17-29-47(5)30-18-31-48(6)32-19-33-49(7)34-20-35-50(8)36-21-37-51(9)38-22-39-52(10)40-23-41-53(11)42-43-55-54(12)56(60)58(62-13)59(63-14)57(55)61/h24,26,28,30,32,34,36,38,40,42,60-61H,15-23,25,27,29,31,33,35,37,39,41,43H2,1-14H3/b45-26+,46-28+,47-30+,48-32+,49-34+,50-36+,51-38+,52-40+,53-42+/i14D3. The molecule has 0 heterocycles. The first kappa shape index (κ1) is 51.5. The second-order valence-electron chi connectivity index (χ2n) is 18.6. The van der Waals surface area contributed by atoms with Crippen LogP contribution in [0.1, 0.15) is 207 Å². The van der Waals surface area contributed by atoms with Crippen LogP contribution in [-0.2, 0) is 6.42 Å². The van der Waals surface area contributed by atoms with Crippen molar-refractivity contribution in [2.75, 3.05) is 14.1 Å². The molecule has 0 amide bonds. The van der Waals surface area contributed by atoms with Gasteiger partial charge in [0.05, 0.1) is 18.3 Å². The van der Waals surface area contributed by atoms with Crippen LogP contribution in [0.4, 0.5) is 0 Å². The Bertz CT molecular complexity index is 1950. The van der Waals surface area contributed by atoms with Gasteiger partial charge in [0.2, 0.25) is 11.5 Å². The summed E-state index contributed by atoms with van der Waals surface area (Å²) in [5, 5.41) is 21.5. The number of aromatic hydroxyl groups is 2. The third-order valence-corrected chi connectivity index (χ3v) is 12.0. The second kappa shape index (κ2) is 33.3. The Kier molecular flexibility index (Phi) is 27.2. The van der Waals surface area contributed by atoms with Gasteiger partial charge in [-0.15, -0.1) is 0 Å². The summed E-state index contributed by atoms with van der Waals surface area (Å²) in [6, 6.07) is 0. The van der Waals surface area contributed by atoms with E-state index in [1.807, 2.05) is 13.0 Å². The van der Waals surface area contributed by atoms with Crippen LogP contribution in [0.15, 0.2) is 116 Å². The molecule has 4 nitrogen and oxygen atoms in total. The Morgan fingerprint density at radius 1 is 0.397 bits per heavy atom. The van der Waals surface area contributed by atoms with Crippen molar-refractivity contribution in [3.8, 4) is 23.0 Å². The zero-order valence-corrected chi connectivity index (χ0v) is 42.4. The van der Waals surface area contributed by atoms with Crippen molar-refractivity contribution in [3.05, 3.63) is 128 Å². The van der Waals surface area contributed by atoms with Gasteiger partial charge in [-0.05, 0) is 205 Å². The molecule has 0 atom stereocenters. The van der Waals surface area contributed by atoms with Crippen LogP contribution in [-0.4, -0.2) is 24.4 Å². The summed E-state index contributed by atoms with van der Waals surface area (Å²) in [5.41, 5.74) is 15.2. The molecule has 4 heteroatoms. The van der Waals surface area contributed by atoms with E-state index in [1.54, 1.807) is 6.92 Å². The van der Waals surface area contributed by atoms with Gasteiger partial charge in [-0.3, -0.25) is 0 Å². The lowest BCUT2D eigenvalue weighted by Crippen LogP contribution is -1.98. The molecule has 0 bridgehead atoms. The van der Waals surface area contributed by atoms with Crippen LogP contribution in [0, 0.1) is 6.92 Å². The number of phenolic OH excluding ortho intramolecular Hbond substituents is 2. The zero-order chi connectivity index (χ0) is 49.7. The summed E-state index contributed by atoms with van der Waals surface area (Å²) in [6.45, 7) is 26.2.